The SMILES string of the molecule is COc1ccc2c(c1)C(C1C(C(N)=O)=C(O)C(=O)N1c1ccc(F)cc1F)CC2. The summed E-state index contributed by atoms with van der Waals surface area (Å²) in [6, 6.07) is 7.23. The van der Waals surface area contributed by atoms with Crippen LogP contribution >= 0.6 is 0 Å². The van der Waals surface area contributed by atoms with E-state index in [2.05, 4.69) is 0 Å². The van der Waals surface area contributed by atoms with Gasteiger partial charge < -0.3 is 15.6 Å². The van der Waals surface area contributed by atoms with Gasteiger partial charge >= 0.3 is 0 Å². The minimum absolute atomic E-state index is 0.236. The molecule has 6 nitrogen and oxygen atoms in total. The standard InChI is InChI=1S/C21H18F2N2O4/c1-29-12-5-2-10-3-6-13(14(10)9-12)18-17(20(24)27)19(26)21(28)25(18)16-7-4-11(22)8-15(16)23/h2,4-5,7-9,13,18,26H,3,6H2,1H3,(H2,24,27). The molecule has 0 fully saturated rings. The molecule has 3 N–H and O–H groups in total. The van der Waals surface area contributed by atoms with Crippen LogP contribution in [0.15, 0.2) is 47.7 Å². The Kier molecular flexibility index (Phi) is 4.49. The number of aryl methyl sites for hydroxylation is 1. The summed E-state index contributed by atoms with van der Waals surface area (Å²) in [6.07, 6.45) is 1.21. The lowest BCUT2D eigenvalue weighted by atomic mass is 9.87. The summed E-state index contributed by atoms with van der Waals surface area (Å²) < 4.78 is 33.2. The maximum absolute atomic E-state index is 14.5. The predicted molar refractivity (Wildman–Crippen MR) is 101 cm³/mol. The molecule has 0 radical (unpaired) electrons. The lowest BCUT2D eigenvalue weighted by Crippen LogP contribution is -2.42. The molecule has 2 aromatic carbocycles. The number of fused-ring (bicyclic) bond motifs is 1. The number of halogens is 2. The number of carbonyl (C=O) groups excluding carboxylic acids is 2. The third kappa shape index (κ3) is 2.91. The van der Waals surface area contributed by atoms with Gasteiger partial charge in [-0.15, -0.1) is 0 Å². The molecule has 0 saturated heterocycles. The van der Waals surface area contributed by atoms with Crippen molar-refractivity contribution < 1.29 is 28.2 Å². The molecule has 0 aromatic heterocycles. The fourth-order valence-electron chi connectivity index (χ4n) is 4.27. The molecule has 4 rings (SSSR count). The van der Waals surface area contributed by atoms with Crippen molar-refractivity contribution in [2.24, 2.45) is 5.73 Å². The van der Waals surface area contributed by atoms with Crippen LogP contribution in [0.5, 0.6) is 5.75 Å². The molecule has 8 heteroatoms. The first-order chi connectivity index (χ1) is 13.8. The number of carbonyl (C=O) groups is 2. The molecule has 2 aromatic rings. The zero-order valence-electron chi connectivity index (χ0n) is 15.5. The molecule has 0 saturated carbocycles. The smallest absolute Gasteiger partial charge is 0.294 e. The van der Waals surface area contributed by atoms with Gasteiger partial charge in [-0.2, -0.15) is 0 Å². The van der Waals surface area contributed by atoms with Crippen molar-refractivity contribution in [2.45, 2.75) is 24.8 Å². The Balaban J connectivity index is 1.88. The first-order valence-electron chi connectivity index (χ1n) is 9.01. The van der Waals surface area contributed by atoms with E-state index in [0.29, 0.717) is 24.7 Å². The second kappa shape index (κ2) is 6.88. The van der Waals surface area contributed by atoms with E-state index in [9.17, 15) is 23.5 Å². The number of ether oxygens (including phenoxy) is 1. The second-order valence-electron chi connectivity index (χ2n) is 7.05. The summed E-state index contributed by atoms with van der Waals surface area (Å²) >= 11 is 0. The van der Waals surface area contributed by atoms with Crippen LogP contribution in [0.3, 0.4) is 0 Å². The van der Waals surface area contributed by atoms with Crippen molar-refractivity contribution in [3.63, 3.8) is 0 Å². The maximum atomic E-state index is 14.5. The topological polar surface area (TPSA) is 92.9 Å². The second-order valence-corrected chi connectivity index (χ2v) is 7.05. The van der Waals surface area contributed by atoms with Gasteiger partial charge in [0.1, 0.15) is 17.4 Å². The molecular formula is C21H18F2N2O4. The van der Waals surface area contributed by atoms with Crippen molar-refractivity contribution in [3.05, 3.63) is 70.5 Å². The number of benzene rings is 2. The van der Waals surface area contributed by atoms with Gasteiger partial charge in [0.15, 0.2) is 5.76 Å². The molecule has 1 heterocycles. The lowest BCUT2D eigenvalue weighted by Gasteiger charge is -2.31. The van der Waals surface area contributed by atoms with Gasteiger partial charge in [-0.3, -0.25) is 14.5 Å². The monoisotopic (exact) mass is 400 g/mol. The average molecular weight is 400 g/mol. The van der Waals surface area contributed by atoms with Crippen molar-refractivity contribution in [1.29, 1.82) is 0 Å². The maximum Gasteiger partial charge on any atom is 0.294 e. The number of rotatable bonds is 4. The van der Waals surface area contributed by atoms with Crippen LogP contribution in [-0.4, -0.2) is 30.1 Å². The fraction of sp³-hybridized carbons (Fsp3) is 0.238. The number of aliphatic hydroxyl groups is 1. The van der Waals surface area contributed by atoms with E-state index in [4.69, 9.17) is 10.5 Å². The van der Waals surface area contributed by atoms with Gasteiger partial charge in [-0.05, 0) is 48.2 Å². The first kappa shape index (κ1) is 18.9. The highest BCUT2D eigenvalue weighted by Crippen LogP contribution is 2.46. The highest BCUT2D eigenvalue weighted by atomic mass is 19.1. The normalized spacial score (nSPS) is 20.9. The molecular weight excluding hydrogens is 382 g/mol. The highest BCUT2D eigenvalue weighted by molar-refractivity contribution is 6.16. The molecule has 150 valence electrons. The largest absolute Gasteiger partial charge is 0.503 e. The molecule has 2 atom stereocenters. The third-order valence-corrected chi connectivity index (χ3v) is 5.54. The number of anilines is 1. The van der Waals surface area contributed by atoms with Crippen molar-refractivity contribution >= 4 is 17.5 Å². The Bertz CT molecular complexity index is 1070. The number of hydrogen-bond donors (Lipinski definition) is 2. The summed E-state index contributed by atoms with van der Waals surface area (Å²) in [5, 5.41) is 10.4. The number of nitrogens with zero attached hydrogens (tertiary/aromatic N) is 1. The van der Waals surface area contributed by atoms with Crippen LogP contribution in [-0.2, 0) is 16.0 Å². The van der Waals surface area contributed by atoms with Gasteiger partial charge in [0, 0.05) is 12.0 Å². The van der Waals surface area contributed by atoms with Crippen LogP contribution in [0.4, 0.5) is 14.5 Å². The van der Waals surface area contributed by atoms with E-state index < -0.39 is 41.2 Å². The summed E-state index contributed by atoms with van der Waals surface area (Å²) in [5.41, 5.74) is 6.78. The number of primary amides is 1. The van der Waals surface area contributed by atoms with Gasteiger partial charge in [0.25, 0.3) is 11.8 Å². The number of aliphatic hydroxyl groups excluding tert-OH is 1. The molecule has 1 aliphatic heterocycles. The van der Waals surface area contributed by atoms with Crippen molar-refractivity contribution in [1.82, 2.24) is 0 Å². The summed E-state index contributed by atoms with van der Waals surface area (Å²) in [6.45, 7) is 0. The van der Waals surface area contributed by atoms with Crippen LogP contribution in [0.2, 0.25) is 0 Å². The zero-order chi connectivity index (χ0) is 20.9. The van der Waals surface area contributed by atoms with E-state index in [1.807, 2.05) is 6.07 Å². The predicted octanol–water partition coefficient (Wildman–Crippen LogP) is 2.72. The summed E-state index contributed by atoms with van der Waals surface area (Å²) in [5.74, 6) is -4.37. The molecule has 0 bridgehead atoms. The number of amides is 2. The first-order valence-corrected chi connectivity index (χ1v) is 9.01. The quantitative estimate of drug-likeness (QED) is 0.825. The highest BCUT2D eigenvalue weighted by Gasteiger charge is 2.49. The molecule has 2 unspecified atom stereocenters. The lowest BCUT2D eigenvalue weighted by molar-refractivity contribution is -0.117. The molecule has 0 spiro atoms. The summed E-state index contributed by atoms with van der Waals surface area (Å²) in [7, 11) is 1.52. The number of nitrogens with two attached hydrogens (primary N) is 1. The minimum atomic E-state index is -1.02. The van der Waals surface area contributed by atoms with E-state index in [1.54, 1.807) is 12.1 Å². The van der Waals surface area contributed by atoms with Crippen molar-refractivity contribution in [3.8, 4) is 5.75 Å². The number of hydrogen-bond acceptors (Lipinski definition) is 4. The Hall–Kier alpha value is -3.42. The molecule has 2 amide bonds. The third-order valence-electron chi connectivity index (χ3n) is 5.54. The minimum Gasteiger partial charge on any atom is -0.503 e. The molecule has 2 aliphatic rings. The Morgan fingerprint density at radius 3 is 2.66 bits per heavy atom. The van der Waals surface area contributed by atoms with E-state index >= 15 is 0 Å². The Labute approximate surface area is 165 Å². The molecule has 29 heavy (non-hydrogen) atoms. The van der Waals surface area contributed by atoms with Gasteiger partial charge in [0.05, 0.1) is 24.4 Å². The van der Waals surface area contributed by atoms with Crippen LogP contribution < -0.4 is 15.4 Å². The van der Waals surface area contributed by atoms with E-state index in [0.717, 1.165) is 28.2 Å². The zero-order valence-corrected chi connectivity index (χ0v) is 15.5. The summed E-state index contributed by atoms with van der Waals surface area (Å²) in [4.78, 5) is 25.9. The van der Waals surface area contributed by atoms with E-state index in [-0.39, 0.29) is 11.3 Å². The number of methoxy groups -OCH3 is 1. The Morgan fingerprint density at radius 1 is 1.24 bits per heavy atom. The van der Waals surface area contributed by atoms with Gasteiger partial charge in [-0.25, -0.2) is 8.78 Å². The van der Waals surface area contributed by atoms with Gasteiger partial charge in [0.2, 0.25) is 0 Å². The fourth-order valence-corrected chi connectivity index (χ4v) is 4.27. The van der Waals surface area contributed by atoms with Crippen molar-refractivity contribution in [2.75, 3.05) is 12.0 Å². The van der Waals surface area contributed by atoms with Crippen LogP contribution in [0.1, 0.15) is 23.5 Å². The Morgan fingerprint density at radius 2 is 2.00 bits per heavy atom. The van der Waals surface area contributed by atoms with Crippen LogP contribution in [0, 0.1) is 11.6 Å². The van der Waals surface area contributed by atoms with E-state index in [1.165, 1.54) is 7.11 Å². The molecule has 1 aliphatic carbocycles. The van der Waals surface area contributed by atoms with Crippen LogP contribution in [0.25, 0.3) is 0 Å². The average Bonchev–Trinajstić information content (AvgIpc) is 3.20. The van der Waals surface area contributed by atoms with Gasteiger partial charge in [-0.1, -0.05) is 6.07 Å².